The summed E-state index contributed by atoms with van der Waals surface area (Å²) in [6, 6.07) is 8.39. The first kappa shape index (κ1) is 15.5. The number of likely N-dealkylation sites (tertiary alicyclic amines) is 1. The first-order valence-corrected chi connectivity index (χ1v) is 8.61. The first-order chi connectivity index (χ1) is 10.6. The summed E-state index contributed by atoms with van der Waals surface area (Å²) in [6.45, 7) is 2.57. The van der Waals surface area contributed by atoms with Crippen molar-refractivity contribution in [3.63, 3.8) is 0 Å². The van der Waals surface area contributed by atoms with Crippen LogP contribution in [-0.4, -0.2) is 53.6 Å². The summed E-state index contributed by atoms with van der Waals surface area (Å²) < 4.78 is 1.29. The van der Waals surface area contributed by atoms with E-state index in [4.69, 9.17) is 0 Å². The fourth-order valence-electron chi connectivity index (χ4n) is 2.95. The third kappa shape index (κ3) is 3.48. The van der Waals surface area contributed by atoms with Gasteiger partial charge in [0.1, 0.15) is 0 Å². The molecule has 0 radical (unpaired) electrons. The number of rotatable bonds is 4. The standard InChI is InChI=1S/C17H22N2O2S/c1-18(11-17(21)19-8-6-14(20)7-9-19)10-13-12-22-16-5-3-2-4-15(13)16/h2-5,12,14,20H,6-11H2,1H3. The molecule has 3 rings (SSSR count). The van der Waals surface area contributed by atoms with E-state index >= 15 is 0 Å². The Morgan fingerprint density at radius 2 is 2.09 bits per heavy atom. The number of thiophene rings is 1. The van der Waals surface area contributed by atoms with Crippen LogP contribution in [0, 0.1) is 0 Å². The molecule has 5 heteroatoms. The van der Waals surface area contributed by atoms with E-state index in [0.717, 1.165) is 6.54 Å². The van der Waals surface area contributed by atoms with Crippen molar-refractivity contribution in [1.29, 1.82) is 0 Å². The maximum absolute atomic E-state index is 12.3. The Labute approximate surface area is 135 Å². The van der Waals surface area contributed by atoms with Gasteiger partial charge in [0.05, 0.1) is 12.6 Å². The molecule has 0 spiro atoms. The molecule has 1 aliphatic rings. The molecule has 0 saturated carbocycles. The minimum absolute atomic E-state index is 0.161. The second-order valence-corrected chi connectivity index (χ2v) is 6.95. The molecule has 0 unspecified atom stereocenters. The molecule has 0 aliphatic carbocycles. The van der Waals surface area contributed by atoms with Gasteiger partial charge < -0.3 is 10.0 Å². The first-order valence-electron chi connectivity index (χ1n) is 7.73. The smallest absolute Gasteiger partial charge is 0.236 e. The monoisotopic (exact) mass is 318 g/mol. The minimum Gasteiger partial charge on any atom is -0.393 e. The fraction of sp³-hybridized carbons (Fsp3) is 0.471. The molecule has 22 heavy (non-hydrogen) atoms. The van der Waals surface area contributed by atoms with Crippen molar-refractivity contribution in [2.24, 2.45) is 0 Å². The van der Waals surface area contributed by atoms with Gasteiger partial charge in [-0.15, -0.1) is 11.3 Å². The lowest BCUT2D eigenvalue weighted by molar-refractivity contribution is -0.134. The predicted octanol–water partition coefficient (Wildman–Crippen LogP) is 2.32. The lowest BCUT2D eigenvalue weighted by Crippen LogP contribution is -2.44. The molecule has 2 heterocycles. The number of likely N-dealkylation sites (N-methyl/N-ethyl adjacent to an activating group) is 1. The Morgan fingerprint density at radius 1 is 1.36 bits per heavy atom. The van der Waals surface area contributed by atoms with Crippen LogP contribution in [-0.2, 0) is 11.3 Å². The number of aliphatic hydroxyl groups is 1. The van der Waals surface area contributed by atoms with E-state index in [1.165, 1.54) is 15.6 Å². The number of nitrogens with zero attached hydrogens (tertiary/aromatic N) is 2. The summed E-state index contributed by atoms with van der Waals surface area (Å²) >= 11 is 1.75. The Morgan fingerprint density at radius 3 is 2.86 bits per heavy atom. The van der Waals surface area contributed by atoms with Crippen LogP contribution < -0.4 is 0 Å². The van der Waals surface area contributed by atoms with E-state index in [9.17, 15) is 9.90 Å². The molecule has 0 bridgehead atoms. The number of aliphatic hydroxyl groups excluding tert-OH is 1. The number of hydrogen-bond donors (Lipinski definition) is 1. The highest BCUT2D eigenvalue weighted by Crippen LogP contribution is 2.26. The molecule has 1 N–H and O–H groups in total. The molecule has 1 aromatic carbocycles. The SMILES string of the molecule is CN(CC(=O)N1CCC(O)CC1)Cc1csc2ccccc12. The van der Waals surface area contributed by atoms with Crippen molar-refractivity contribution in [2.75, 3.05) is 26.7 Å². The zero-order valence-corrected chi connectivity index (χ0v) is 13.7. The van der Waals surface area contributed by atoms with Gasteiger partial charge in [0, 0.05) is 24.3 Å². The van der Waals surface area contributed by atoms with Crippen LogP contribution in [0.1, 0.15) is 18.4 Å². The van der Waals surface area contributed by atoms with E-state index in [2.05, 4.69) is 34.5 Å². The van der Waals surface area contributed by atoms with E-state index in [0.29, 0.717) is 32.5 Å². The second-order valence-electron chi connectivity index (χ2n) is 6.04. The number of piperidine rings is 1. The van der Waals surface area contributed by atoms with Crippen LogP contribution in [0.3, 0.4) is 0 Å². The number of amides is 1. The molecule has 1 fully saturated rings. The van der Waals surface area contributed by atoms with Gasteiger partial charge in [-0.3, -0.25) is 9.69 Å². The van der Waals surface area contributed by atoms with Gasteiger partial charge in [-0.1, -0.05) is 18.2 Å². The third-order valence-electron chi connectivity index (χ3n) is 4.22. The molecule has 1 aromatic heterocycles. The fourth-order valence-corrected chi connectivity index (χ4v) is 3.90. The van der Waals surface area contributed by atoms with E-state index in [-0.39, 0.29) is 12.0 Å². The molecule has 1 amide bonds. The van der Waals surface area contributed by atoms with Gasteiger partial charge in [0.25, 0.3) is 0 Å². The normalized spacial score (nSPS) is 16.6. The van der Waals surface area contributed by atoms with Crippen LogP contribution in [0.4, 0.5) is 0 Å². The van der Waals surface area contributed by atoms with Crippen molar-refractivity contribution in [3.05, 3.63) is 35.2 Å². The average Bonchev–Trinajstić information content (AvgIpc) is 2.91. The zero-order valence-electron chi connectivity index (χ0n) is 12.9. The van der Waals surface area contributed by atoms with Crippen molar-refractivity contribution < 1.29 is 9.90 Å². The number of carbonyl (C=O) groups is 1. The number of fused-ring (bicyclic) bond motifs is 1. The van der Waals surface area contributed by atoms with Gasteiger partial charge in [-0.05, 0) is 42.3 Å². The highest BCUT2D eigenvalue weighted by atomic mass is 32.1. The quantitative estimate of drug-likeness (QED) is 0.941. The number of benzene rings is 1. The highest BCUT2D eigenvalue weighted by molar-refractivity contribution is 7.17. The van der Waals surface area contributed by atoms with Gasteiger partial charge in [0.2, 0.25) is 5.91 Å². The van der Waals surface area contributed by atoms with Crippen molar-refractivity contribution in [2.45, 2.75) is 25.5 Å². The lowest BCUT2D eigenvalue weighted by Gasteiger charge is -2.31. The van der Waals surface area contributed by atoms with Gasteiger partial charge in [-0.2, -0.15) is 0 Å². The van der Waals surface area contributed by atoms with Gasteiger partial charge in [0.15, 0.2) is 0 Å². The van der Waals surface area contributed by atoms with Crippen LogP contribution in [0.2, 0.25) is 0 Å². The summed E-state index contributed by atoms with van der Waals surface area (Å²) in [6.07, 6.45) is 1.16. The predicted molar refractivity (Wildman–Crippen MR) is 90.0 cm³/mol. The number of hydrogen-bond acceptors (Lipinski definition) is 4. The maximum atomic E-state index is 12.3. The zero-order chi connectivity index (χ0) is 15.5. The largest absolute Gasteiger partial charge is 0.393 e. The lowest BCUT2D eigenvalue weighted by atomic mass is 10.1. The minimum atomic E-state index is -0.237. The summed E-state index contributed by atoms with van der Waals surface area (Å²) in [4.78, 5) is 16.3. The van der Waals surface area contributed by atoms with Crippen LogP contribution >= 0.6 is 11.3 Å². The van der Waals surface area contributed by atoms with Crippen molar-refractivity contribution >= 4 is 27.3 Å². The summed E-state index contributed by atoms with van der Waals surface area (Å²) in [5, 5.41) is 13.0. The van der Waals surface area contributed by atoms with Gasteiger partial charge >= 0.3 is 0 Å². The van der Waals surface area contributed by atoms with Crippen LogP contribution in [0.5, 0.6) is 0 Å². The molecule has 1 aliphatic heterocycles. The maximum Gasteiger partial charge on any atom is 0.236 e. The highest BCUT2D eigenvalue weighted by Gasteiger charge is 2.22. The van der Waals surface area contributed by atoms with Crippen LogP contribution in [0.15, 0.2) is 29.6 Å². The third-order valence-corrected chi connectivity index (χ3v) is 5.24. The van der Waals surface area contributed by atoms with Crippen LogP contribution in [0.25, 0.3) is 10.1 Å². The summed E-state index contributed by atoms with van der Waals surface area (Å²) in [5.41, 5.74) is 1.28. The summed E-state index contributed by atoms with van der Waals surface area (Å²) in [7, 11) is 1.99. The summed E-state index contributed by atoms with van der Waals surface area (Å²) in [5.74, 6) is 0.161. The van der Waals surface area contributed by atoms with E-state index < -0.39 is 0 Å². The second kappa shape index (κ2) is 6.77. The Kier molecular flexibility index (Phi) is 4.76. The molecule has 2 aromatic rings. The topological polar surface area (TPSA) is 43.8 Å². The van der Waals surface area contributed by atoms with Gasteiger partial charge in [-0.25, -0.2) is 0 Å². The molecule has 1 saturated heterocycles. The Hall–Kier alpha value is -1.43. The van der Waals surface area contributed by atoms with Crippen molar-refractivity contribution in [3.8, 4) is 0 Å². The van der Waals surface area contributed by atoms with E-state index in [1.54, 1.807) is 11.3 Å². The van der Waals surface area contributed by atoms with Crippen molar-refractivity contribution in [1.82, 2.24) is 9.80 Å². The Balaban J connectivity index is 1.58. The molecule has 118 valence electrons. The molecule has 4 nitrogen and oxygen atoms in total. The Bertz CT molecular complexity index is 647. The molecular weight excluding hydrogens is 296 g/mol. The van der Waals surface area contributed by atoms with E-state index in [1.807, 2.05) is 11.9 Å². The average molecular weight is 318 g/mol. The molecular formula is C17H22N2O2S. The molecule has 0 atom stereocenters. The number of carbonyl (C=O) groups excluding carboxylic acids is 1.